The van der Waals surface area contributed by atoms with Crippen molar-refractivity contribution in [3.63, 3.8) is 0 Å². The van der Waals surface area contributed by atoms with Gasteiger partial charge in [0.25, 0.3) is 0 Å². The normalized spacial score (nSPS) is 16.0. The van der Waals surface area contributed by atoms with Gasteiger partial charge < -0.3 is 9.47 Å². The zero-order valence-electron chi connectivity index (χ0n) is 18.0. The lowest BCUT2D eigenvalue weighted by Crippen LogP contribution is -2.57. The van der Waals surface area contributed by atoms with Crippen LogP contribution in [0.1, 0.15) is 30.4 Å². The Morgan fingerprint density at radius 2 is 2.12 bits per heavy atom. The maximum atomic E-state index is 15.4. The first-order chi connectivity index (χ1) is 16.5. The van der Waals surface area contributed by atoms with Crippen molar-refractivity contribution in [1.29, 1.82) is 0 Å². The molecule has 1 aliphatic heterocycles. The number of pyridine rings is 1. The monoisotopic (exact) mass is 486 g/mol. The highest BCUT2D eigenvalue weighted by Gasteiger charge is 2.53. The first-order valence-electron chi connectivity index (χ1n) is 10.5. The molecule has 0 radical (unpaired) electrons. The number of aromatic nitrogens is 3. The lowest BCUT2D eigenvalue weighted by atomic mass is 9.69. The van der Waals surface area contributed by atoms with Gasteiger partial charge in [0.15, 0.2) is 11.6 Å². The Morgan fingerprint density at radius 3 is 2.82 bits per heavy atom. The molecule has 176 valence electrons. The minimum Gasteiger partial charge on any atom is -0.437 e. The number of halogens is 2. The zero-order valence-corrected chi connectivity index (χ0v) is 18.9. The molecule has 5 rings (SSSR count). The van der Waals surface area contributed by atoms with Crippen molar-refractivity contribution < 1.29 is 23.0 Å². The molecule has 1 spiro atoms. The van der Waals surface area contributed by atoms with Crippen LogP contribution in [0, 0.1) is 11.6 Å². The maximum absolute atomic E-state index is 15.4. The van der Waals surface area contributed by atoms with Crippen LogP contribution in [0.2, 0.25) is 0 Å². The van der Waals surface area contributed by atoms with E-state index in [1.54, 1.807) is 19.2 Å². The number of anilines is 1. The van der Waals surface area contributed by atoms with Gasteiger partial charge in [0.05, 0.1) is 17.6 Å². The Balaban J connectivity index is 1.48. The second-order valence-electron chi connectivity index (χ2n) is 7.82. The predicted octanol–water partition coefficient (Wildman–Crippen LogP) is 4.53. The van der Waals surface area contributed by atoms with Crippen LogP contribution in [-0.4, -0.2) is 33.2 Å². The Kier molecular flexibility index (Phi) is 5.92. The highest BCUT2D eigenvalue weighted by Crippen LogP contribution is 2.54. The fraction of sp³-hybridized carbons (Fsp3) is 0.273. The topological polar surface area (TPSA) is 102 Å². The third-order valence-electron chi connectivity index (χ3n) is 5.93. The molecule has 9 nitrogen and oxygen atoms in total. The summed E-state index contributed by atoms with van der Waals surface area (Å²) in [4.78, 5) is 18.5. The second kappa shape index (κ2) is 9.03. The highest BCUT2D eigenvalue weighted by molar-refractivity contribution is 7.98. The number of nitrogens with one attached hydrogen (secondary N) is 2. The fourth-order valence-corrected chi connectivity index (χ4v) is 4.61. The van der Waals surface area contributed by atoms with Gasteiger partial charge in [-0.1, -0.05) is 0 Å². The smallest absolute Gasteiger partial charge is 0.416 e. The molecule has 0 bridgehead atoms. The minimum absolute atomic E-state index is 0.0299. The van der Waals surface area contributed by atoms with Gasteiger partial charge >= 0.3 is 6.09 Å². The molecule has 1 aromatic carbocycles. The summed E-state index contributed by atoms with van der Waals surface area (Å²) in [6, 6.07) is 7.40. The maximum Gasteiger partial charge on any atom is 0.416 e. The highest BCUT2D eigenvalue weighted by atomic mass is 32.2. The van der Waals surface area contributed by atoms with Crippen molar-refractivity contribution in [1.82, 2.24) is 24.8 Å². The summed E-state index contributed by atoms with van der Waals surface area (Å²) in [7, 11) is 1.68. The van der Waals surface area contributed by atoms with E-state index in [-0.39, 0.29) is 40.9 Å². The van der Waals surface area contributed by atoms with Crippen LogP contribution in [-0.2, 0) is 12.1 Å². The lowest BCUT2D eigenvalue weighted by Gasteiger charge is -2.52. The van der Waals surface area contributed by atoms with E-state index in [0.717, 1.165) is 18.6 Å². The summed E-state index contributed by atoms with van der Waals surface area (Å²) < 4.78 is 47.1. The van der Waals surface area contributed by atoms with Gasteiger partial charge in [0.2, 0.25) is 5.88 Å². The molecule has 3 heterocycles. The van der Waals surface area contributed by atoms with E-state index in [1.807, 2.05) is 0 Å². The van der Waals surface area contributed by atoms with Crippen molar-refractivity contribution in [2.24, 2.45) is 0 Å². The summed E-state index contributed by atoms with van der Waals surface area (Å²) in [6.45, 7) is -0.0944. The molecule has 1 aliphatic carbocycles. The number of nitrogens with zero attached hydrogens (tertiary/aromatic N) is 4. The van der Waals surface area contributed by atoms with Gasteiger partial charge in [-0.2, -0.15) is 5.10 Å². The quantitative estimate of drug-likeness (QED) is 0.467. The molecule has 1 saturated carbocycles. The summed E-state index contributed by atoms with van der Waals surface area (Å²) >= 11 is 1.06. The molecule has 2 aromatic heterocycles. The molecule has 1 amide bonds. The number of benzene rings is 1. The second-order valence-corrected chi connectivity index (χ2v) is 8.64. The molecule has 2 N–H and O–H groups in total. The predicted molar refractivity (Wildman–Crippen MR) is 120 cm³/mol. The number of rotatable bonds is 7. The average Bonchev–Trinajstić information content (AvgIpc) is 2.79. The van der Waals surface area contributed by atoms with Gasteiger partial charge in [-0.3, -0.25) is 9.62 Å². The van der Waals surface area contributed by atoms with Crippen LogP contribution in [0.4, 0.5) is 19.4 Å². The SMILES string of the molecule is CNSNc1nccc(CN2C(=O)Oc3cc(Oc4cccnn4)cc(F)c3C23CCC3)c1F. The molecule has 12 heteroatoms. The number of ether oxygens (including phenoxy) is 2. The van der Waals surface area contributed by atoms with E-state index in [1.165, 1.54) is 35.5 Å². The molecule has 0 unspecified atom stereocenters. The first kappa shape index (κ1) is 22.3. The molecular formula is C22H20F2N6O3S. The van der Waals surface area contributed by atoms with E-state index in [9.17, 15) is 4.79 Å². The summed E-state index contributed by atoms with van der Waals surface area (Å²) in [5.74, 6) is -0.739. The van der Waals surface area contributed by atoms with Crippen LogP contribution in [0.15, 0.2) is 42.7 Å². The third kappa shape index (κ3) is 3.88. The number of hydrogen-bond acceptors (Lipinski definition) is 9. The van der Waals surface area contributed by atoms with Crippen molar-refractivity contribution in [2.75, 3.05) is 11.8 Å². The third-order valence-corrected chi connectivity index (χ3v) is 6.43. The number of fused-ring (bicyclic) bond motifs is 2. The summed E-state index contributed by atoms with van der Waals surface area (Å²) in [6.07, 6.45) is 4.11. The number of carbonyl (C=O) groups is 1. The summed E-state index contributed by atoms with van der Waals surface area (Å²) in [5.41, 5.74) is -0.421. The zero-order chi connectivity index (χ0) is 23.7. The minimum atomic E-state index is -0.928. The molecule has 0 saturated heterocycles. The van der Waals surface area contributed by atoms with Crippen molar-refractivity contribution in [3.05, 3.63) is 65.5 Å². The van der Waals surface area contributed by atoms with Gasteiger partial charge in [-0.25, -0.2) is 23.3 Å². The average molecular weight is 487 g/mol. The van der Waals surface area contributed by atoms with Crippen LogP contribution in [0.25, 0.3) is 0 Å². The van der Waals surface area contributed by atoms with E-state index in [2.05, 4.69) is 24.6 Å². The standard InChI is InChI=1S/C22H20F2N6O3S/c1-25-34-29-20-19(24)13(5-9-26-20)12-30-21(31)33-16-11-14(32-17-4-2-8-27-28-17)10-15(23)18(16)22(30)6-3-7-22/h2,4-5,8-11,25H,3,6-7,12H2,1H3,(H,26,29). The fourth-order valence-electron chi connectivity index (χ4n) is 4.26. The van der Waals surface area contributed by atoms with E-state index in [0.29, 0.717) is 12.8 Å². The lowest BCUT2D eigenvalue weighted by molar-refractivity contribution is -0.00181. The van der Waals surface area contributed by atoms with Crippen LogP contribution in [0.3, 0.4) is 0 Å². The summed E-state index contributed by atoms with van der Waals surface area (Å²) in [5, 5.41) is 7.54. The van der Waals surface area contributed by atoms with Crippen LogP contribution >= 0.6 is 12.1 Å². The van der Waals surface area contributed by atoms with Crippen molar-refractivity contribution in [3.8, 4) is 17.4 Å². The van der Waals surface area contributed by atoms with Gasteiger partial charge in [0.1, 0.15) is 17.3 Å². The van der Waals surface area contributed by atoms with E-state index >= 15 is 8.78 Å². The Bertz CT molecular complexity index is 1230. The van der Waals surface area contributed by atoms with Crippen molar-refractivity contribution in [2.45, 2.75) is 31.3 Å². The van der Waals surface area contributed by atoms with Gasteiger partial charge in [-0.05, 0) is 38.4 Å². The first-order valence-corrected chi connectivity index (χ1v) is 11.3. The van der Waals surface area contributed by atoms with Gasteiger partial charge in [-0.15, -0.1) is 5.10 Å². The number of amides is 1. The number of carbonyl (C=O) groups excluding carboxylic acids is 1. The molecule has 1 fully saturated rings. The molecule has 3 aromatic rings. The van der Waals surface area contributed by atoms with Crippen LogP contribution in [0.5, 0.6) is 17.4 Å². The number of hydrogen-bond donors (Lipinski definition) is 2. The molecule has 34 heavy (non-hydrogen) atoms. The Hall–Kier alpha value is -3.51. The Morgan fingerprint density at radius 1 is 1.26 bits per heavy atom. The Labute approximate surface area is 198 Å². The largest absolute Gasteiger partial charge is 0.437 e. The van der Waals surface area contributed by atoms with Crippen molar-refractivity contribution >= 4 is 24.0 Å². The molecule has 0 atom stereocenters. The molecule has 2 aliphatic rings. The van der Waals surface area contributed by atoms with E-state index in [4.69, 9.17) is 9.47 Å². The molecular weight excluding hydrogens is 466 g/mol. The van der Waals surface area contributed by atoms with Gasteiger partial charge in [0, 0.05) is 48.3 Å². The van der Waals surface area contributed by atoms with Crippen LogP contribution < -0.4 is 18.9 Å². The van der Waals surface area contributed by atoms with E-state index < -0.39 is 23.3 Å².